The lowest BCUT2D eigenvalue weighted by Crippen LogP contribution is -2.61. The van der Waals surface area contributed by atoms with Crippen LogP contribution in [0.2, 0.25) is 0 Å². The summed E-state index contributed by atoms with van der Waals surface area (Å²) in [5, 5.41) is 0. The maximum Gasteiger partial charge on any atom is 0.320 e. The van der Waals surface area contributed by atoms with Gasteiger partial charge in [0.15, 0.2) is 0 Å². The Balaban J connectivity index is 2.13. The van der Waals surface area contributed by atoms with Crippen molar-refractivity contribution in [2.24, 2.45) is 11.7 Å². The van der Waals surface area contributed by atoms with Crippen LogP contribution in [-0.4, -0.2) is 47.5 Å². The second kappa shape index (κ2) is 7.48. The molecule has 2 rings (SSSR count). The Morgan fingerprint density at radius 2 is 1.90 bits per heavy atom. The van der Waals surface area contributed by atoms with E-state index >= 15 is 0 Å². The molecule has 0 radical (unpaired) electrons. The first-order valence-corrected chi connectivity index (χ1v) is 8.89. The zero-order valence-electron chi connectivity index (χ0n) is 13.9. The van der Waals surface area contributed by atoms with E-state index in [2.05, 4.69) is 23.6 Å². The van der Waals surface area contributed by atoms with Crippen molar-refractivity contribution in [3.63, 3.8) is 0 Å². The van der Waals surface area contributed by atoms with Gasteiger partial charge in [-0.2, -0.15) is 0 Å². The van der Waals surface area contributed by atoms with E-state index in [4.69, 9.17) is 5.73 Å². The molecule has 122 valence electrons. The molecule has 2 N–H and O–H groups in total. The summed E-state index contributed by atoms with van der Waals surface area (Å²) >= 11 is 0. The molecule has 1 heterocycles. The van der Waals surface area contributed by atoms with E-state index in [1.165, 1.54) is 25.7 Å². The lowest BCUT2D eigenvalue weighted by molar-refractivity contribution is 0.0517. The average Bonchev–Trinajstić information content (AvgIpc) is 2.77. The van der Waals surface area contributed by atoms with Crippen LogP contribution in [-0.2, 0) is 0 Å². The van der Waals surface area contributed by atoms with E-state index in [9.17, 15) is 4.79 Å². The molecule has 1 saturated heterocycles. The quantitative estimate of drug-likeness (QED) is 0.869. The Hall–Kier alpha value is -0.770. The highest BCUT2D eigenvalue weighted by Gasteiger charge is 2.42. The highest BCUT2D eigenvalue weighted by Crippen LogP contribution is 2.37. The number of carbonyl (C=O) groups excluding carboxylic acids is 1. The van der Waals surface area contributed by atoms with Gasteiger partial charge in [0, 0.05) is 26.2 Å². The van der Waals surface area contributed by atoms with Crippen LogP contribution in [0.25, 0.3) is 0 Å². The molecule has 4 heteroatoms. The molecule has 21 heavy (non-hydrogen) atoms. The maximum absolute atomic E-state index is 13.0. The van der Waals surface area contributed by atoms with Crippen LogP contribution >= 0.6 is 0 Å². The topological polar surface area (TPSA) is 49.6 Å². The summed E-state index contributed by atoms with van der Waals surface area (Å²) in [7, 11) is 0. The standard InChI is InChI=1S/C17H33N3O/c1-3-20(16(21)19-11-6-4-5-7-12-19)17(14-18)10-8-9-15(2)13-17/h15H,3-14,18H2,1-2H3. The van der Waals surface area contributed by atoms with Gasteiger partial charge in [-0.15, -0.1) is 0 Å². The Bertz CT molecular complexity index is 339. The molecule has 4 nitrogen and oxygen atoms in total. The van der Waals surface area contributed by atoms with E-state index in [1.807, 2.05) is 0 Å². The SMILES string of the molecule is CCN(C(=O)N1CCCCCC1)C1(CN)CCCC(C)C1. The molecule has 0 aromatic carbocycles. The lowest BCUT2D eigenvalue weighted by Gasteiger charge is -2.48. The summed E-state index contributed by atoms with van der Waals surface area (Å²) in [4.78, 5) is 17.2. The molecule has 1 saturated carbocycles. The van der Waals surface area contributed by atoms with Crippen LogP contribution in [0.3, 0.4) is 0 Å². The molecule has 2 amide bonds. The zero-order valence-corrected chi connectivity index (χ0v) is 13.9. The molecule has 2 aliphatic rings. The molecule has 0 aromatic rings. The third-order valence-corrected chi connectivity index (χ3v) is 5.44. The molecule has 1 aliphatic carbocycles. The number of likely N-dealkylation sites (tertiary alicyclic amines) is 1. The van der Waals surface area contributed by atoms with Crippen molar-refractivity contribution in [2.45, 2.75) is 70.8 Å². The van der Waals surface area contributed by atoms with Gasteiger partial charge < -0.3 is 15.5 Å². The van der Waals surface area contributed by atoms with Crippen LogP contribution in [0.1, 0.15) is 65.2 Å². The predicted molar refractivity (Wildman–Crippen MR) is 87.2 cm³/mol. The molecule has 2 unspecified atom stereocenters. The fourth-order valence-electron chi connectivity index (χ4n) is 4.28. The third-order valence-electron chi connectivity index (χ3n) is 5.44. The number of likely N-dealkylation sites (N-methyl/N-ethyl adjacent to an activating group) is 1. The summed E-state index contributed by atoms with van der Waals surface area (Å²) in [6.45, 7) is 7.63. The van der Waals surface area contributed by atoms with Gasteiger partial charge >= 0.3 is 6.03 Å². The number of nitrogens with zero attached hydrogens (tertiary/aromatic N) is 2. The summed E-state index contributed by atoms with van der Waals surface area (Å²) in [5.74, 6) is 0.674. The number of urea groups is 1. The van der Waals surface area contributed by atoms with Crippen molar-refractivity contribution in [3.8, 4) is 0 Å². The Morgan fingerprint density at radius 1 is 1.24 bits per heavy atom. The van der Waals surface area contributed by atoms with Crippen molar-refractivity contribution in [2.75, 3.05) is 26.2 Å². The van der Waals surface area contributed by atoms with E-state index in [0.29, 0.717) is 12.5 Å². The third kappa shape index (κ3) is 3.71. The molecule has 1 aliphatic heterocycles. The first-order chi connectivity index (χ1) is 10.1. The minimum atomic E-state index is -0.101. The van der Waals surface area contributed by atoms with Crippen molar-refractivity contribution in [1.82, 2.24) is 9.80 Å². The fraction of sp³-hybridized carbons (Fsp3) is 0.941. The van der Waals surface area contributed by atoms with Gasteiger partial charge in [0.25, 0.3) is 0 Å². The van der Waals surface area contributed by atoms with E-state index < -0.39 is 0 Å². The van der Waals surface area contributed by atoms with Gasteiger partial charge in [0.2, 0.25) is 0 Å². The van der Waals surface area contributed by atoms with Gasteiger partial charge in [-0.3, -0.25) is 0 Å². The van der Waals surface area contributed by atoms with Gasteiger partial charge in [0.05, 0.1) is 5.54 Å². The zero-order chi connectivity index (χ0) is 15.3. The van der Waals surface area contributed by atoms with E-state index in [0.717, 1.165) is 45.3 Å². The van der Waals surface area contributed by atoms with Gasteiger partial charge in [-0.25, -0.2) is 4.79 Å². The second-order valence-electron chi connectivity index (χ2n) is 7.06. The van der Waals surface area contributed by atoms with Crippen molar-refractivity contribution in [3.05, 3.63) is 0 Å². The Kier molecular flexibility index (Phi) is 5.91. The monoisotopic (exact) mass is 295 g/mol. The first kappa shape index (κ1) is 16.6. The molecule has 0 spiro atoms. The number of hydrogen-bond acceptors (Lipinski definition) is 2. The summed E-state index contributed by atoms with van der Waals surface area (Å²) < 4.78 is 0. The van der Waals surface area contributed by atoms with Crippen LogP contribution in [0, 0.1) is 5.92 Å². The van der Waals surface area contributed by atoms with Gasteiger partial charge in [0.1, 0.15) is 0 Å². The van der Waals surface area contributed by atoms with Crippen molar-refractivity contribution < 1.29 is 4.79 Å². The predicted octanol–water partition coefficient (Wildman–Crippen LogP) is 3.21. The minimum Gasteiger partial charge on any atom is -0.328 e. The lowest BCUT2D eigenvalue weighted by atomic mass is 9.75. The maximum atomic E-state index is 13.0. The largest absolute Gasteiger partial charge is 0.328 e. The number of rotatable bonds is 3. The summed E-state index contributed by atoms with van der Waals surface area (Å²) in [5.41, 5.74) is 6.06. The highest BCUT2D eigenvalue weighted by molar-refractivity contribution is 5.75. The molecule has 0 bridgehead atoms. The Labute approximate surface area is 130 Å². The fourth-order valence-corrected chi connectivity index (χ4v) is 4.28. The first-order valence-electron chi connectivity index (χ1n) is 8.89. The number of nitrogens with two attached hydrogens (primary N) is 1. The molecular weight excluding hydrogens is 262 g/mol. The molecular formula is C17H33N3O. The average molecular weight is 295 g/mol. The van der Waals surface area contributed by atoms with Crippen LogP contribution in [0.4, 0.5) is 4.79 Å². The second-order valence-corrected chi connectivity index (χ2v) is 7.06. The number of hydrogen-bond donors (Lipinski definition) is 1. The molecule has 2 atom stereocenters. The van der Waals surface area contributed by atoms with Gasteiger partial charge in [-0.05, 0) is 38.5 Å². The van der Waals surface area contributed by atoms with E-state index in [-0.39, 0.29) is 11.6 Å². The van der Waals surface area contributed by atoms with Crippen LogP contribution in [0.15, 0.2) is 0 Å². The Morgan fingerprint density at radius 3 is 2.43 bits per heavy atom. The highest BCUT2D eigenvalue weighted by atomic mass is 16.2. The molecule has 2 fully saturated rings. The van der Waals surface area contributed by atoms with Gasteiger partial charge in [-0.1, -0.05) is 32.6 Å². The minimum absolute atomic E-state index is 0.101. The van der Waals surface area contributed by atoms with E-state index in [1.54, 1.807) is 0 Å². The van der Waals surface area contributed by atoms with Crippen molar-refractivity contribution >= 4 is 6.03 Å². The summed E-state index contributed by atoms with van der Waals surface area (Å²) in [6, 6.07) is 0.235. The normalized spacial score (nSPS) is 30.8. The van der Waals surface area contributed by atoms with Crippen molar-refractivity contribution in [1.29, 1.82) is 0 Å². The number of amides is 2. The van der Waals surface area contributed by atoms with Crippen LogP contribution < -0.4 is 5.73 Å². The summed E-state index contributed by atoms with van der Waals surface area (Å²) in [6.07, 6.45) is 9.42. The van der Waals surface area contributed by atoms with Crippen LogP contribution in [0.5, 0.6) is 0 Å². The molecule has 0 aromatic heterocycles. The smallest absolute Gasteiger partial charge is 0.320 e. The number of carbonyl (C=O) groups is 1.